The molecule has 0 aliphatic heterocycles. The average Bonchev–Trinajstić information content (AvgIpc) is 2.99. The first-order chi connectivity index (χ1) is 17.1. The van der Waals surface area contributed by atoms with Gasteiger partial charge < -0.3 is 14.0 Å². The molecule has 7 nitrogen and oxygen atoms in total. The summed E-state index contributed by atoms with van der Waals surface area (Å²) in [6.45, 7) is -6.40. The van der Waals surface area contributed by atoms with Crippen molar-refractivity contribution in [3.8, 4) is 11.6 Å². The molecule has 0 radical (unpaired) electrons. The highest BCUT2D eigenvalue weighted by Crippen LogP contribution is 2.26. The van der Waals surface area contributed by atoms with Gasteiger partial charge in [-0.3, -0.25) is 9.96 Å². The molecule has 0 aliphatic rings. The van der Waals surface area contributed by atoms with Crippen LogP contribution < -0.4 is 9.47 Å². The van der Waals surface area contributed by atoms with Gasteiger partial charge in [-0.1, -0.05) is 0 Å². The zero-order valence-corrected chi connectivity index (χ0v) is 12.6. The number of rotatable bonds is 5. The monoisotopic (exact) mass is 360 g/mol. The van der Waals surface area contributed by atoms with E-state index in [0.29, 0.717) is 4.98 Å². The third-order valence-electron chi connectivity index (χ3n) is 2.97. The number of nitrogens with one attached hydrogen (secondary N) is 1. The fourth-order valence-electron chi connectivity index (χ4n) is 1.85. The van der Waals surface area contributed by atoms with Gasteiger partial charge in [0, 0.05) is 42.8 Å². The lowest BCUT2D eigenvalue weighted by molar-refractivity contribution is 0.399. The highest BCUT2D eigenvalue weighted by Gasteiger charge is 2.21. The zero-order valence-electron chi connectivity index (χ0n) is 25.8. The van der Waals surface area contributed by atoms with E-state index >= 15 is 0 Å². The van der Waals surface area contributed by atoms with Crippen molar-refractivity contribution in [3.05, 3.63) is 35.1 Å². The van der Waals surface area contributed by atoms with Crippen LogP contribution in [0.2, 0.25) is 1.41 Å². The Morgan fingerprint density at radius 1 is 1.33 bits per heavy atom. The van der Waals surface area contributed by atoms with Crippen LogP contribution in [0.1, 0.15) is 34.6 Å². The van der Waals surface area contributed by atoms with Gasteiger partial charge >= 0.3 is 5.16 Å². The number of imidazole rings is 1. The molecule has 0 saturated carbocycles. The molecule has 3 heterocycles. The summed E-state index contributed by atoms with van der Waals surface area (Å²) in [6, 6.07) is 2.37. The lowest BCUT2D eigenvalue weighted by Gasteiger charge is -2.13. The van der Waals surface area contributed by atoms with Gasteiger partial charge in [-0.25, -0.2) is 0 Å². The van der Waals surface area contributed by atoms with Crippen LogP contribution in [0, 0.1) is 13.7 Å². The number of aromatic amines is 1. The summed E-state index contributed by atoms with van der Waals surface area (Å²) in [5.41, 5.74) is -2.89. The second kappa shape index (κ2) is 6.66. The molecule has 1 N–H and O–H groups in total. The fraction of sp³-hybridized carbons (Fsp3) is 0.312. The quantitative estimate of drug-likeness (QED) is 0.701. The molecule has 0 bridgehead atoms. The molecule has 0 fully saturated rings. The van der Waals surface area contributed by atoms with Gasteiger partial charge in [0.15, 0.2) is 12.8 Å². The van der Waals surface area contributed by atoms with E-state index in [9.17, 15) is 4.55 Å². The third kappa shape index (κ3) is 3.02. The molecule has 0 spiro atoms. The number of pyridine rings is 2. The van der Waals surface area contributed by atoms with Crippen molar-refractivity contribution in [2.24, 2.45) is 0 Å². The Balaban J connectivity index is 2.15. The molecule has 0 saturated heterocycles. The minimum absolute atomic E-state index is 0.0133. The second-order valence-corrected chi connectivity index (χ2v) is 5.79. The lowest BCUT2D eigenvalue weighted by Crippen LogP contribution is -2.10. The zero-order chi connectivity index (χ0) is 29.0. The normalized spacial score (nSPS) is 23.0. The standard InChI is InChI=1S/C16H18N4O3S/c1-9-7-17-12(10(2)14(9)23-4)8-24(21)16-18-11-5-6-13(22-3)19-15(11)20-16/h5-7H,8H2,1-4H3,(H,18,19,20)/i1D3,2D3,3D3,4D3,7D/hD. The van der Waals surface area contributed by atoms with E-state index in [2.05, 4.69) is 19.7 Å². The number of fused-ring (bicyclic) bond motifs is 1. The molecule has 3 aromatic heterocycles. The molecular formula is C16H18N4O3S. The van der Waals surface area contributed by atoms with Crippen LogP contribution in [-0.4, -0.2) is 38.6 Å². The van der Waals surface area contributed by atoms with E-state index in [0.717, 1.165) is 6.07 Å². The third-order valence-corrected chi connectivity index (χ3v) is 4.10. The largest absolute Gasteiger partial charge is 0.609 e. The van der Waals surface area contributed by atoms with Gasteiger partial charge in [0.25, 0.3) is 0 Å². The predicted octanol–water partition coefficient (Wildman–Crippen LogP) is 2.29. The Hall–Kier alpha value is -2.32. The van der Waals surface area contributed by atoms with Crippen molar-refractivity contribution < 1.29 is 33.3 Å². The number of aromatic nitrogens is 4. The smallest absolute Gasteiger partial charge is 0.323 e. The van der Waals surface area contributed by atoms with Crippen LogP contribution in [-0.2, 0) is 16.9 Å². The second-order valence-electron chi connectivity index (χ2n) is 4.44. The van der Waals surface area contributed by atoms with Crippen molar-refractivity contribution in [3.63, 3.8) is 0 Å². The number of ether oxygens (including phenoxy) is 2. The maximum atomic E-state index is 13.2. The molecule has 1 unspecified atom stereocenters. The summed E-state index contributed by atoms with van der Waals surface area (Å²) in [4.78, 5) is 12.1. The molecule has 8 heteroatoms. The molecule has 0 aromatic carbocycles. The Kier molecular flexibility index (Phi) is 1.81. The number of H-pyrrole nitrogens is 1. The van der Waals surface area contributed by atoms with Crippen molar-refractivity contribution in [1.82, 2.24) is 19.9 Å². The minimum atomic E-state index is -3.31. The van der Waals surface area contributed by atoms with Crippen molar-refractivity contribution in [1.29, 1.82) is 0 Å². The Bertz CT molecular complexity index is 1350. The van der Waals surface area contributed by atoms with E-state index < -0.39 is 78.6 Å². The summed E-state index contributed by atoms with van der Waals surface area (Å²) in [5, 5.41) is -0.485. The summed E-state index contributed by atoms with van der Waals surface area (Å²) in [7, 11) is -6.13. The SMILES string of the molecule is [2H]c1nc(C[S+]([O-])c2nc3nc(OC([2H])([2H])[2H])ccc3n2[2H])c(C([2H])([2H])[2H])c(OC([2H])([2H])[2H])c1C([2H])([2H])[2H]. The summed E-state index contributed by atoms with van der Waals surface area (Å²) >= 11 is -2.38. The summed E-state index contributed by atoms with van der Waals surface area (Å²) in [5.74, 6) is -2.31. The maximum Gasteiger partial charge on any atom is 0.323 e. The van der Waals surface area contributed by atoms with Crippen LogP contribution in [0.25, 0.3) is 11.2 Å². The molecule has 126 valence electrons. The molecule has 3 aromatic rings. The van der Waals surface area contributed by atoms with Crippen LogP contribution >= 0.6 is 0 Å². The van der Waals surface area contributed by atoms with E-state index in [1.807, 2.05) is 0 Å². The van der Waals surface area contributed by atoms with E-state index in [-0.39, 0.29) is 17.0 Å². The topological polar surface area (TPSA) is 96.0 Å². The Morgan fingerprint density at radius 3 is 3.04 bits per heavy atom. The summed E-state index contributed by atoms with van der Waals surface area (Å²) in [6.07, 6.45) is -1.02. The van der Waals surface area contributed by atoms with Crippen molar-refractivity contribution in [2.75, 3.05) is 14.1 Å². The number of hydrogen-bond donors (Lipinski definition) is 1. The molecule has 1 atom stereocenters. The number of nitrogens with zero attached hydrogens (tertiary/aromatic N) is 3. The van der Waals surface area contributed by atoms with Gasteiger partial charge in [0.05, 0.1) is 34.9 Å². The molecule has 24 heavy (non-hydrogen) atoms. The van der Waals surface area contributed by atoms with Crippen molar-refractivity contribution >= 4 is 22.3 Å². The van der Waals surface area contributed by atoms with Crippen molar-refractivity contribution in [2.45, 2.75) is 24.6 Å². The van der Waals surface area contributed by atoms with Gasteiger partial charge in [-0.05, 0) is 19.8 Å². The lowest BCUT2D eigenvalue weighted by atomic mass is 10.1. The van der Waals surface area contributed by atoms with E-state index in [1.54, 1.807) is 0 Å². The highest BCUT2D eigenvalue weighted by atomic mass is 32.2. The summed E-state index contributed by atoms with van der Waals surface area (Å²) < 4.78 is 129. The van der Waals surface area contributed by atoms with E-state index in [4.69, 9.17) is 24.0 Å². The molecular weight excluding hydrogens is 328 g/mol. The van der Waals surface area contributed by atoms with Gasteiger partial charge in [-0.2, -0.15) is 9.97 Å². The predicted molar refractivity (Wildman–Crippen MR) is 90.8 cm³/mol. The van der Waals surface area contributed by atoms with Gasteiger partial charge in [-0.15, -0.1) is 0 Å². The van der Waals surface area contributed by atoms with Gasteiger partial charge in [0.2, 0.25) is 5.88 Å². The number of methoxy groups -OCH3 is 2. The number of hydrogen-bond acceptors (Lipinski definition) is 6. The molecule has 0 aliphatic carbocycles. The first kappa shape index (κ1) is 6.53. The van der Waals surface area contributed by atoms with Crippen LogP contribution in [0.4, 0.5) is 0 Å². The van der Waals surface area contributed by atoms with Gasteiger partial charge in [0.1, 0.15) is 5.75 Å². The first-order valence-corrected chi connectivity index (χ1v) is 7.60. The molecule has 3 rings (SSSR count). The highest BCUT2D eigenvalue weighted by molar-refractivity contribution is 7.90. The Morgan fingerprint density at radius 2 is 2.25 bits per heavy atom. The van der Waals surface area contributed by atoms with Crippen LogP contribution in [0.15, 0.2) is 23.5 Å². The van der Waals surface area contributed by atoms with Crippen LogP contribution in [0.3, 0.4) is 0 Å². The van der Waals surface area contributed by atoms with E-state index in [1.165, 1.54) is 6.07 Å². The molecule has 0 amide bonds. The minimum Gasteiger partial charge on any atom is -0.609 e. The maximum absolute atomic E-state index is 13.2. The van der Waals surface area contributed by atoms with Crippen LogP contribution in [0.5, 0.6) is 11.6 Å². The fourth-order valence-corrected chi connectivity index (χ4v) is 2.83. The average molecular weight is 360 g/mol. The first-order valence-electron chi connectivity index (χ1n) is 13.2. The Labute approximate surface area is 162 Å².